The van der Waals surface area contributed by atoms with E-state index in [0.29, 0.717) is 17.5 Å². The van der Waals surface area contributed by atoms with Crippen molar-refractivity contribution in [2.75, 3.05) is 0 Å². The standard InChI is InChI=1S/C36H34BN3O2/c1-34(2)29-15-11-10-14-27(29)28-22-25(18-21-30(28)34)33-39-31(23-12-8-7-9-13-23)38-32(40-33)24-16-19-26(20-17-24)37-41-35(3,4)36(5,6)42-37/h7-22H,1-6H3. The van der Waals surface area contributed by atoms with Crippen molar-refractivity contribution in [1.82, 2.24) is 15.0 Å². The lowest BCUT2D eigenvalue weighted by molar-refractivity contribution is 0.00578. The van der Waals surface area contributed by atoms with Gasteiger partial charge in [-0.15, -0.1) is 0 Å². The van der Waals surface area contributed by atoms with Crippen LogP contribution >= 0.6 is 0 Å². The molecule has 0 spiro atoms. The topological polar surface area (TPSA) is 57.1 Å². The van der Waals surface area contributed by atoms with Crippen LogP contribution in [0.15, 0.2) is 97.1 Å². The monoisotopic (exact) mass is 551 g/mol. The first-order chi connectivity index (χ1) is 20.0. The van der Waals surface area contributed by atoms with Crippen molar-refractivity contribution in [3.8, 4) is 45.3 Å². The molecule has 1 aliphatic carbocycles. The summed E-state index contributed by atoms with van der Waals surface area (Å²) in [7, 11) is -0.420. The average Bonchev–Trinajstić information content (AvgIpc) is 3.37. The van der Waals surface area contributed by atoms with E-state index in [4.69, 9.17) is 24.3 Å². The fourth-order valence-corrected chi connectivity index (χ4v) is 5.98. The summed E-state index contributed by atoms with van der Waals surface area (Å²) in [4.78, 5) is 14.9. The lowest BCUT2D eigenvalue weighted by Gasteiger charge is -2.32. The first-order valence-corrected chi connectivity index (χ1v) is 14.6. The lowest BCUT2D eigenvalue weighted by atomic mass is 9.79. The normalized spacial score (nSPS) is 17.6. The number of hydrogen-bond donors (Lipinski definition) is 0. The molecule has 42 heavy (non-hydrogen) atoms. The lowest BCUT2D eigenvalue weighted by Crippen LogP contribution is -2.41. The Morgan fingerprint density at radius 3 is 1.64 bits per heavy atom. The van der Waals surface area contributed by atoms with E-state index < -0.39 is 18.3 Å². The maximum absolute atomic E-state index is 6.26. The molecule has 5 nitrogen and oxygen atoms in total. The van der Waals surface area contributed by atoms with Gasteiger partial charge in [-0.25, -0.2) is 15.0 Å². The Morgan fingerprint density at radius 2 is 1.00 bits per heavy atom. The van der Waals surface area contributed by atoms with E-state index in [0.717, 1.165) is 22.2 Å². The van der Waals surface area contributed by atoms with E-state index >= 15 is 0 Å². The van der Waals surface area contributed by atoms with Crippen LogP contribution in [-0.2, 0) is 14.7 Å². The van der Waals surface area contributed by atoms with Crippen molar-refractivity contribution >= 4 is 12.6 Å². The number of aromatic nitrogens is 3. The first kappa shape index (κ1) is 26.8. The second-order valence-corrected chi connectivity index (χ2v) is 12.8. The third kappa shape index (κ3) is 4.29. The Labute approximate surface area is 248 Å². The summed E-state index contributed by atoms with van der Waals surface area (Å²) in [6.07, 6.45) is 0. The maximum Gasteiger partial charge on any atom is 0.494 e. The number of fused-ring (bicyclic) bond motifs is 3. The second-order valence-electron chi connectivity index (χ2n) is 12.8. The highest BCUT2D eigenvalue weighted by atomic mass is 16.7. The van der Waals surface area contributed by atoms with Crippen LogP contribution in [0.2, 0.25) is 0 Å². The molecule has 4 aromatic carbocycles. The van der Waals surface area contributed by atoms with Crippen molar-refractivity contribution in [2.24, 2.45) is 0 Å². The third-order valence-electron chi connectivity index (χ3n) is 9.20. The molecule has 0 bridgehead atoms. The molecule has 2 aliphatic rings. The van der Waals surface area contributed by atoms with Gasteiger partial charge in [0.15, 0.2) is 17.5 Å². The van der Waals surface area contributed by atoms with Gasteiger partial charge in [-0.2, -0.15) is 0 Å². The number of nitrogens with zero attached hydrogens (tertiary/aromatic N) is 3. The molecule has 0 atom stereocenters. The van der Waals surface area contributed by atoms with Crippen molar-refractivity contribution in [3.63, 3.8) is 0 Å². The molecule has 0 amide bonds. The second kappa shape index (κ2) is 9.45. The van der Waals surface area contributed by atoms with E-state index in [-0.39, 0.29) is 5.41 Å². The predicted octanol–water partition coefficient (Wildman–Crippen LogP) is 7.48. The van der Waals surface area contributed by atoms with Gasteiger partial charge >= 0.3 is 7.12 Å². The van der Waals surface area contributed by atoms with E-state index in [9.17, 15) is 0 Å². The van der Waals surface area contributed by atoms with Crippen LogP contribution in [0.25, 0.3) is 45.3 Å². The Morgan fingerprint density at radius 1 is 0.500 bits per heavy atom. The van der Waals surface area contributed by atoms with Crippen LogP contribution in [0.4, 0.5) is 0 Å². The molecule has 2 heterocycles. The van der Waals surface area contributed by atoms with Gasteiger partial charge in [-0.1, -0.05) is 105 Å². The molecule has 0 saturated carbocycles. The Hall–Kier alpha value is -4.13. The van der Waals surface area contributed by atoms with Gasteiger partial charge in [0.1, 0.15) is 0 Å². The molecule has 0 unspecified atom stereocenters. The zero-order valence-corrected chi connectivity index (χ0v) is 25.0. The van der Waals surface area contributed by atoms with Crippen molar-refractivity contribution in [2.45, 2.75) is 58.2 Å². The Balaban J connectivity index is 1.31. The molecule has 1 saturated heterocycles. The van der Waals surface area contributed by atoms with Crippen LogP contribution in [-0.4, -0.2) is 33.3 Å². The molecule has 5 aromatic rings. The van der Waals surface area contributed by atoms with Crippen LogP contribution in [0, 0.1) is 0 Å². The van der Waals surface area contributed by atoms with Crippen molar-refractivity contribution < 1.29 is 9.31 Å². The summed E-state index contributed by atoms with van der Waals surface area (Å²) in [5.41, 5.74) is 8.13. The number of rotatable bonds is 4. The molecular formula is C36H34BN3O2. The SMILES string of the molecule is CC1(C)c2ccccc2-c2cc(-c3nc(-c4ccccc4)nc(-c4ccc(B5OC(C)(C)C(C)(C)O5)cc4)n3)ccc21. The highest BCUT2D eigenvalue weighted by Gasteiger charge is 2.51. The molecule has 0 radical (unpaired) electrons. The summed E-state index contributed by atoms with van der Waals surface area (Å²) in [6, 6.07) is 33.5. The van der Waals surface area contributed by atoms with Crippen LogP contribution < -0.4 is 5.46 Å². The van der Waals surface area contributed by atoms with Gasteiger partial charge in [0, 0.05) is 22.1 Å². The highest BCUT2D eigenvalue weighted by Crippen LogP contribution is 2.49. The summed E-state index contributed by atoms with van der Waals surface area (Å²) in [5.74, 6) is 1.92. The molecular weight excluding hydrogens is 517 g/mol. The number of benzene rings is 4. The van der Waals surface area contributed by atoms with E-state index in [2.05, 4.69) is 84.0 Å². The average molecular weight is 551 g/mol. The van der Waals surface area contributed by atoms with Gasteiger partial charge < -0.3 is 9.31 Å². The fourth-order valence-electron chi connectivity index (χ4n) is 5.98. The smallest absolute Gasteiger partial charge is 0.399 e. The molecule has 208 valence electrons. The first-order valence-electron chi connectivity index (χ1n) is 14.6. The number of hydrogen-bond acceptors (Lipinski definition) is 5. The zero-order chi connectivity index (χ0) is 29.3. The molecule has 6 heteroatoms. The maximum atomic E-state index is 6.26. The summed E-state index contributed by atoms with van der Waals surface area (Å²) in [5, 5.41) is 0. The molecule has 1 fully saturated rings. The minimum atomic E-state index is -0.420. The van der Waals surface area contributed by atoms with Gasteiger partial charge in [-0.3, -0.25) is 0 Å². The van der Waals surface area contributed by atoms with Gasteiger partial charge in [0.05, 0.1) is 11.2 Å². The van der Waals surface area contributed by atoms with Crippen LogP contribution in [0.3, 0.4) is 0 Å². The predicted molar refractivity (Wildman–Crippen MR) is 169 cm³/mol. The van der Waals surface area contributed by atoms with E-state index in [1.807, 2.05) is 54.6 Å². The third-order valence-corrected chi connectivity index (χ3v) is 9.20. The van der Waals surface area contributed by atoms with Gasteiger partial charge in [-0.05, 0) is 61.5 Å². The minimum Gasteiger partial charge on any atom is -0.399 e. The molecule has 1 aliphatic heterocycles. The molecule has 7 rings (SSSR count). The Kier molecular flexibility index (Phi) is 6.02. The van der Waals surface area contributed by atoms with Crippen molar-refractivity contribution in [3.05, 3.63) is 108 Å². The minimum absolute atomic E-state index is 0.0527. The summed E-state index contributed by atoms with van der Waals surface area (Å²) in [6.45, 7) is 12.8. The quantitative estimate of drug-likeness (QED) is 0.217. The van der Waals surface area contributed by atoms with Gasteiger partial charge in [0.2, 0.25) is 0 Å². The summed E-state index contributed by atoms with van der Waals surface area (Å²) >= 11 is 0. The van der Waals surface area contributed by atoms with Crippen LogP contribution in [0.5, 0.6) is 0 Å². The van der Waals surface area contributed by atoms with Crippen molar-refractivity contribution in [1.29, 1.82) is 0 Å². The largest absolute Gasteiger partial charge is 0.494 e. The van der Waals surface area contributed by atoms with Gasteiger partial charge in [0.25, 0.3) is 0 Å². The van der Waals surface area contributed by atoms with Crippen LogP contribution in [0.1, 0.15) is 52.7 Å². The summed E-state index contributed by atoms with van der Waals surface area (Å²) < 4.78 is 12.5. The van der Waals surface area contributed by atoms with E-state index in [1.54, 1.807) is 0 Å². The highest BCUT2D eigenvalue weighted by molar-refractivity contribution is 6.62. The molecule has 0 N–H and O–H groups in total. The molecule has 1 aromatic heterocycles. The van der Waals surface area contributed by atoms with E-state index in [1.165, 1.54) is 22.3 Å². The fraction of sp³-hybridized carbons (Fsp3) is 0.250. The zero-order valence-electron chi connectivity index (χ0n) is 25.0. The Bertz CT molecular complexity index is 1800.